The highest BCUT2D eigenvalue weighted by atomic mass is 127. The van der Waals surface area contributed by atoms with E-state index in [1.54, 1.807) is 20.8 Å². The van der Waals surface area contributed by atoms with Crippen LogP contribution >= 0.6 is 24.0 Å². The molecule has 0 spiro atoms. The first-order chi connectivity index (χ1) is 12.9. The van der Waals surface area contributed by atoms with Gasteiger partial charge in [-0.15, -0.1) is 37.1 Å². The minimum absolute atomic E-state index is 0. The number of nitrogens with two attached hydrogens (primary N) is 1. The van der Waals surface area contributed by atoms with Gasteiger partial charge in [0.15, 0.2) is 11.7 Å². The van der Waals surface area contributed by atoms with E-state index in [2.05, 4.69) is 20.4 Å². The second-order valence-electron chi connectivity index (χ2n) is 7.03. The zero-order valence-electron chi connectivity index (χ0n) is 16.8. The highest BCUT2D eigenvalue weighted by Crippen LogP contribution is 2.29. The van der Waals surface area contributed by atoms with Crippen LogP contribution in [0.15, 0.2) is 29.3 Å². The highest BCUT2D eigenvalue weighted by molar-refractivity contribution is 14.0. The maximum Gasteiger partial charge on any atom is 0.573 e. The van der Waals surface area contributed by atoms with E-state index in [-0.39, 0.29) is 48.2 Å². The number of aliphatic imine (C=N–C) groups is 1. The van der Waals surface area contributed by atoms with Crippen LogP contribution in [-0.4, -0.2) is 36.6 Å². The van der Waals surface area contributed by atoms with E-state index in [0.29, 0.717) is 6.42 Å². The molecular weight excluding hydrogens is 504 g/mol. The van der Waals surface area contributed by atoms with Gasteiger partial charge in [0, 0.05) is 0 Å². The number of alkyl halides is 3. The number of para-hydroxylation sites is 2. The summed E-state index contributed by atoms with van der Waals surface area (Å²) in [4.78, 5) is 16.0. The molecule has 7 nitrogen and oxygen atoms in total. The van der Waals surface area contributed by atoms with Gasteiger partial charge in [-0.3, -0.25) is 4.99 Å². The number of amides is 1. The molecule has 0 aliphatic carbocycles. The molecule has 0 saturated carbocycles. The van der Waals surface area contributed by atoms with Gasteiger partial charge < -0.3 is 25.8 Å². The third-order valence-corrected chi connectivity index (χ3v) is 3.22. The molecule has 11 heteroatoms. The van der Waals surface area contributed by atoms with E-state index in [1.807, 2.05) is 6.92 Å². The number of anilines is 1. The second kappa shape index (κ2) is 11.9. The van der Waals surface area contributed by atoms with Crippen molar-refractivity contribution in [1.82, 2.24) is 5.32 Å². The van der Waals surface area contributed by atoms with Crippen LogP contribution < -0.4 is 21.1 Å². The summed E-state index contributed by atoms with van der Waals surface area (Å²) in [5.74, 6) is -0.532. The summed E-state index contributed by atoms with van der Waals surface area (Å²) in [7, 11) is 0. The molecule has 0 aliphatic heterocycles. The Bertz CT molecular complexity index is 679. The summed E-state index contributed by atoms with van der Waals surface area (Å²) in [6, 6.07) is 5.14. The van der Waals surface area contributed by atoms with Gasteiger partial charge in [0.2, 0.25) is 0 Å². The van der Waals surface area contributed by atoms with Crippen LogP contribution in [0.1, 0.15) is 40.5 Å². The number of rotatable bonds is 7. The molecule has 0 heterocycles. The summed E-state index contributed by atoms with van der Waals surface area (Å²) in [5.41, 5.74) is 5.16. The van der Waals surface area contributed by atoms with E-state index < -0.39 is 23.8 Å². The normalized spacial score (nSPS) is 13.1. The number of alkyl carbamates (subject to hydrolysis) is 1. The Kier molecular flexibility index (Phi) is 11.1. The first kappa shape index (κ1) is 27.1. The van der Waals surface area contributed by atoms with E-state index in [1.165, 1.54) is 18.2 Å². The van der Waals surface area contributed by atoms with Crippen molar-refractivity contribution in [3.8, 4) is 5.75 Å². The lowest BCUT2D eigenvalue weighted by atomic mass is 10.1. The van der Waals surface area contributed by atoms with E-state index in [4.69, 9.17) is 10.5 Å². The van der Waals surface area contributed by atoms with Crippen LogP contribution in [0.2, 0.25) is 0 Å². The lowest BCUT2D eigenvalue weighted by Gasteiger charge is -2.23. The molecule has 1 aromatic carbocycles. The van der Waals surface area contributed by atoms with Crippen molar-refractivity contribution in [3.63, 3.8) is 0 Å². The summed E-state index contributed by atoms with van der Waals surface area (Å²) in [5, 5.41) is 5.29. The standard InChI is InChI=1S/C18H27F3N4O3.HI/c1-5-8-12(24-16(26)28-17(2,3)4)11-23-15(22)25-13-9-6-7-10-14(13)27-18(19,20)21;/h6-7,9-10,12H,5,8,11H2,1-4H3,(H,24,26)(H3,22,23,25);1H. The third-order valence-electron chi connectivity index (χ3n) is 3.22. The Balaban J connectivity index is 0.00000784. The molecule has 1 aromatic rings. The number of nitrogens with one attached hydrogen (secondary N) is 2. The summed E-state index contributed by atoms with van der Waals surface area (Å²) >= 11 is 0. The van der Waals surface area contributed by atoms with Gasteiger partial charge in [-0.1, -0.05) is 25.5 Å². The summed E-state index contributed by atoms with van der Waals surface area (Å²) in [6.07, 6.45) is -3.99. The van der Waals surface area contributed by atoms with Crippen LogP contribution in [0.25, 0.3) is 0 Å². The average Bonchev–Trinajstić information content (AvgIpc) is 2.51. The number of nitrogens with zero attached hydrogens (tertiary/aromatic N) is 1. The number of guanidine groups is 1. The van der Waals surface area contributed by atoms with Crippen LogP contribution in [0, 0.1) is 0 Å². The fourth-order valence-corrected chi connectivity index (χ4v) is 2.20. The SMILES string of the molecule is CCCC(CN=C(N)Nc1ccccc1OC(F)(F)F)NC(=O)OC(C)(C)C.I. The third kappa shape index (κ3) is 12.3. The molecular formula is C18H28F3IN4O3. The predicted molar refractivity (Wildman–Crippen MR) is 117 cm³/mol. The lowest BCUT2D eigenvalue weighted by molar-refractivity contribution is -0.274. The monoisotopic (exact) mass is 532 g/mol. The number of halogens is 4. The molecule has 166 valence electrons. The average molecular weight is 532 g/mol. The van der Waals surface area contributed by atoms with E-state index in [0.717, 1.165) is 12.5 Å². The molecule has 1 atom stereocenters. The zero-order chi connectivity index (χ0) is 21.4. The van der Waals surface area contributed by atoms with Crippen molar-refractivity contribution in [3.05, 3.63) is 24.3 Å². The maximum absolute atomic E-state index is 12.5. The molecule has 0 saturated heterocycles. The second-order valence-corrected chi connectivity index (χ2v) is 7.03. The molecule has 1 amide bonds. The Morgan fingerprint density at radius 3 is 2.41 bits per heavy atom. The van der Waals surface area contributed by atoms with Crippen molar-refractivity contribution >= 4 is 41.7 Å². The first-order valence-corrected chi connectivity index (χ1v) is 8.81. The van der Waals surface area contributed by atoms with Gasteiger partial charge in [-0.2, -0.15) is 0 Å². The van der Waals surface area contributed by atoms with Gasteiger partial charge in [0.25, 0.3) is 0 Å². The summed E-state index contributed by atoms with van der Waals surface area (Å²) < 4.78 is 46.6. The number of carbonyl (C=O) groups excluding carboxylic acids is 1. The minimum Gasteiger partial charge on any atom is -0.444 e. The molecule has 1 unspecified atom stereocenters. The molecule has 0 aromatic heterocycles. The fourth-order valence-electron chi connectivity index (χ4n) is 2.20. The number of hydrogen-bond acceptors (Lipinski definition) is 4. The topological polar surface area (TPSA) is 98.0 Å². The zero-order valence-corrected chi connectivity index (χ0v) is 19.1. The first-order valence-electron chi connectivity index (χ1n) is 8.81. The Morgan fingerprint density at radius 1 is 1.24 bits per heavy atom. The van der Waals surface area contributed by atoms with Crippen molar-refractivity contribution in [1.29, 1.82) is 0 Å². The molecule has 1 rings (SSSR count). The van der Waals surface area contributed by atoms with Crippen LogP contribution in [-0.2, 0) is 4.74 Å². The predicted octanol–water partition coefficient (Wildman–Crippen LogP) is 4.62. The van der Waals surface area contributed by atoms with E-state index >= 15 is 0 Å². The van der Waals surface area contributed by atoms with Gasteiger partial charge in [0.05, 0.1) is 18.3 Å². The Morgan fingerprint density at radius 2 is 1.86 bits per heavy atom. The Labute approximate surface area is 185 Å². The van der Waals surface area contributed by atoms with Gasteiger partial charge in [-0.25, -0.2) is 4.79 Å². The number of hydrogen-bond donors (Lipinski definition) is 3. The largest absolute Gasteiger partial charge is 0.573 e. The van der Waals surface area contributed by atoms with Gasteiger partial charge >= 0.3 is 12.5 Å². The van der Waals surface area contributed by atoms with Crippen LogP contribution in [0.4, 0.5) is 23.7 Å². The van der Waals surface area contributed by atoms with Crippen molar-refractivity contribution in [2.45, 2.75) is 58.5 Å². The number of ether oxygens (including phenoxy) is 2. The Hall–Kier alpha value is -1.92. The summed E-state index contributed by atoms with van der Waals surface area (Å²) in [6.45, 7) is 7.33. The molecule has 0 aliphatic rings. The van der Waals surface area contributed by atoms with Gasteiger partial charge in [-0.05, 0) is 39.3 Å². The molecule has 0 bridgehead atoms. The maximum atomic E-state index is 12.5. The smallest absolute Gasteiger partial charge is 0.444 e. The van der Waals surface area contributed by atoms with Crippen molar-refractivity contribution in [2.75, 3.05) is 11.9 Å². The van der Waals surface area contributed by atoms with Crippen LogP contribution in [0.3, 0.4) is 0 Å². The number of carbonyl (C=O) groups is 1. The quantitative estimate of drug-likeness (QED) is 0.271. The fraction of sp³-hybridized carbons (Fsp3) is 0.556. The lowest BCUT2D eigenvalue weighted by Crippen LogP contribution is -2.41. The number of benzene rings is 1. The van der Waals surface area contributed by atoms with Crippen molar-refractivity contribution < 1.29 is 27.4 Å². The molecule has 0 fully saturated rings. The minimum atomic E-state index is -4.83. The van der Waals surface area contributed by atoms with Crippen LogP contribution in [0.5, 0.6) is 5.75 Å². The molecule has 4 N–H and O–H groups in total. The molecule has 29 heavy (non-hydrogen) atoms. The van der Waals surface area contributed by atoms with Crippen molar-refractivity contribution in [2.24, 2.45) is 10.7 Å². The van der Waals surface area contributed by atoms with Gasteiger partial charge in [0.1, 0.15) is 5.60 Å². The molecule has 0 radical (unpaired) electrons. The van der Waals surface area contributed by atoms with E-state index in [9.17, 15) is 18.0 Å². The highest BCUT2D eigenvalue weighted by Gasteiger charge is 2.32.